The van der Waals surface area contributed by atoms with Crippen LogP contribution in [0.1, 0.15) is 26.3 Å². The molecule has 2 bridgehead atoms. The van der Waals surface area contributed by atoms with Crippen molar-refractivity contribution in [2.75, 3.05) is 36.5 Å². The predicted molar refractivity (Wildman–Crippen MR) is 169 cm³/mol. The number of benzene rings is 3. The van der Waals surface area contributed by atoms with Crippen molar-refractivity contribution in [2.24, 2.45) is 7.05 Å². The second-order valence-corrected chi connectivity index (χ2v) is 12.3. The molecule has 44 heavy (non-hydrogen) atoms. The molecule has 1 N–H and O–H groups in total. The van der Waals surface area contributed by atoms with E-state index in [1.54, 1.807) is 17.6 Å². The van der Waals surface area contributed by atoms with Gasteiger partial charge in [0.15, 0.2) is 5.75 Å². The van der Waals surface area contributed by atoms with Gasteiger partial charge in [-0.2, -0.15) is 0 Å². The molecule has 0 radical (unpaired) electrons. The van der Waals surface area contributed by atoms with E-state index in [0.717, 1.165) is 50.4 Å². The van der Waals surface area contributed by atoms with Crippen molar-refractivity contribution in [2.45, 2.75) is 39.3 Å². The molecule has 1 saturated heterocycles. The molecule has 226 valence electrons. The molecular formula is C33H35N7O4. The first-order chi connectivity index (χ1) is 21.1. The quantitative estimate of drug-likeness (QED) is 0.261. The average Bonchev–Trinajstić information content (AvgIpc) is 3.28. The molecular weight excluding hydrogens is 558 g/mol. The van der Waals surface area contributed by atoms with Crippen molar-refractivity contribution < 1.29 is 19.0 Å². The van der Waals surface area contributed by atoms with Crippen molar-refractivity contribution in [1.29, 1.82) is 0 Å². The summed E-state index contributed by atoms with van der Waals surface area (Å²) < 4.78 is 20.3. The summed E-state index contributed by atoms with van der Waals surface area (Å²) in [5.74, 6) is 2.83. The molecule has 3 aromatic carbocycles. The van der Waals surface area contributed by atoms with Crippen LogP contribution in [0.4, 0.5) is 22.0 Å². The van der Waals surface area contributed by atoms with Crippen LogP contribution in [0.15, 0.2) is 61.2 Å². The monoisotopic (exact) mass is 593 g/mol. The molecule has 11 heteroatoms. The van der Waals surface area contributed by atoms with E-state index in [-0.39, 0.29) is 12.1 Å². The number of carbonyl (C=O) groups excluding carboxylic acids is 1. The lowest BCUT2D eigenvalue weighted by molar-refractivity contribution is 0.00980. The van der Waals surface area contributed by atoms with E-state index in [1.165, 1.54) is 0 Å². The summed E-state index contributed by atoms with van der Waals surface area (Å²) in [5.41, 5.74) is 4.93. The Morgan fingerprint density at radius 3 is 2.70 bits per heavy atom. The summed E-state index contributed by atoms with van der Waals surface area (Å²) >= 11 is 0. The lowest BCUT2D eigenvalue weighted by Crippen LogP contribution is -2.57. The first kappa shape index (κ1) is 27.8. The predicted octanol–water partition coefficient (Wildman–Crippen LogP) is 6.18. The van der Waals surface area contributed by atoms with Gasteiger partial charge in [0.25, 0.3) is 0 Å². The summed E-state index contributed by atoms with van der Waals surface area (Å²) in [6.45, 7) is 9.87. The minimum Gasteiger partial charge on any atom is -0.488 e. The molecule has 0 spiro atoms. The van der Waals surface area contributed by atoms with Gasteiger partial charge < -0.3 is 29.0 Å². The van der Waals surface area contributed by atoms with E-state index in [2.05, 4.69) is 25.2 Å². The maximum absolute atomic E-state index is 13.0. The molecule has 2 aliphatic rings. The fraction of sp³-hybridized carbons (Fsp3) is 0.333. The third-order valence-electron chi connectivity index (χ3n) is 7.97. The Bertz CT molecular complexity index is 1900. The summed E-state index contributed by atoms with van der Waals surface area (Å²) in [6.07, 6.45) is 3.03. The van der Waals surface area contributed by atoms with Crippen LogP contribution >= 0.6 is 0 Å². The van der Waals surface area contributed by atoms with Crippen LogP contribution in [0.25, 0.3) is 21.9 Å². The number of imidazole rings is 1. The first-order valence-electron chi connectivity index (χ1n) is 14.7. The van der Waals surface area contributed by atoms with E-state index in [9.17, 15) is 4.79 Å². The molecule has 7 rings (SSSR count). The van der Waals surface area contributed by atoms with Crippen molar-refractivity contribution in [3.63, 3.8) is 0 Å². The molecule has 0 aliphatic carbocycles. The van der Waals surface area contributed by atoms with Crippen LogP contribution in [-0.4, -0.2) is 68.4 Å². The molecule has 5 aromatic rings. The normalized spacial score (nSPS) is 16.3. The Labute approximate surface area is 255 Å². The zero-order valence-corrected chi connectivity index (χ0v) is 25.5. The fourth-order valence-corrected chi connectivity index (χ4v) is 5.84. The summed E-state index contributed by atoms with van der Waals surface area (Å²) in [4.78, 5) is 30.6. The van der Waals surface area contributed by atoms with E-state index in [4.69, 9.17) is 14.2 Å². The topological polar surface area (TPSA) is 107 Å². The van der Waals surface area contributed by atoms with Gasteiger partial charge in [-0.15, -0.1) is 0 Å². The number of hydrogen-bond acceptors (Lipinski definition) is 9. The molecule has 2 aromatic heterocycles. The van der Waals surface area contributed by atoms with Crippen LogP contribution < -0.4 is 19.7 Å². The lowest BCUT2D eigenvalue weighted by atomic mass is 10.1. The van der Waals surface area contributed by atoms with Gasteiger partial charge in [0.05, 0.1) is 40.0 Å². The van der Waals surface area contributed by atoms with Crippen LogP contribution in [0, 0.1) is 6.92 Å². The molecule has 1 fully saturated rings. The molecule has 4 heterocycles. The highest BCUT2D eigenvalue weighted by atomic mass is 16.6. The number of aromatic nitrogens is 4. The van der Waals surface area contributed by atoms with Gasteiger partial charge in [-0.05, 0) is 75.7 Å². The minimum absolute atomic E-state index is 0.143. The van der Waals surface area contributed by atoms with Crippen molar-refractivity contribution >= 4 is 45.2 Å². The summed E-state index contributed by atoms with van der Waals surface area (Å²) in [5, 5.41) is 4.28. The molecule has 1 amide bonds. The first-order valence-corrected chi connectivity index (χ1v) is 14.7. The van der Waals surface area contributed by atoms with Crippen LogP contribution in [0.5, 0.6) is 17.2 Å². The number of rotatable bonds is 4. The number of aryl methyl sites for hydroxylation is 2. The average molecular weight is 594 g/mol. The summed E-state index contributed by atoms with van der Waals surface area (Å²) in [6, 6.07) is 15.7. The van der Waals surface area contributed by atoms with E-state index >= 15 is 0 Å². The smallest absolute Gasteiger partial charge is 0.410 e. The number of piperazine rings is 1. The van der Waals surface area contributed by atoms with Gasteiger partial charge >= 0.3 is 6.09 Å². The Morgan fingerprint density at radius 2 is 1.89 bits per heavy atom. The lowest BCUT2D eigenvalue weighted by Gasteiger charge is -2.40. The molecule has 0 saturated carbocycles. The SMILES string of the molecule is Cc1cc(Nc2ncnc3ccc4c(c23)OC[C@@H]2CN4CCN2C(=O)OC(C)(C)C)ccc1Oc1ccc2c(c1)ncn2C. The van der Waals surface area contributed by atoms with Gasteiger partial charge in [0.1, 0.15) is 35.9 Å². The zero-order valence-electron chi connectivity index (χ0n) is 25.5. The Kier molecular flexibility index (Phi) is 6.68. The molecule has 2 aliphatic heterocycles. The Hall–Kier alpha value is -5.06. The highest BCUT2D eigenvalue weighted by Crippen LogP contribution is 2.42. The van der Waals surface area contributed by atoms with Gasteiger partial charge in [0, 0.05) is 38.4 Å². The van der Waals surface area contributed by atoms with E-state index in [0.29, 0.717) is 37.8 Å². The number of fused-ring (bicyclic) bond motifs is 7. The Morgan fingerprint density at radius 1 is 1.02 bits per heavy atom. The van der Waals surface area contributed by atoms with Crippen LogP contribution in [0.3, 0.4) is 0 Å². The zero-order chi connectivity index (χ0) is 30.6. The van der Waals surface area contributed by atoms with Crippen LogP contribution in [-0.2, 0) is 11.8 Å². The molecule has 0 unspecified atom stereocenters. The van der Waals surface area contributed by atoms with Gasteiger partial charge in [-0.3, -0.25) is 4.90 Å². The number of ether oxygens (including phenoxy) is 3. The Balaban J connectivity index is 1.15. The molecule has 1 atom stereocenters. The van der Waals surface area contributed by atoms with Gasteiger partial charge in [-0.1, -0.05) is 0 Å². The van der Waals surface area contributed by atoms with Crippen molar-refractivity contribution in [1.82, 2.24) is 24.4 Å². The number of anilines is 3. The second kappa shape index (κ2) is 10.6. The maximum atomic E-state index is 13.0. The number of nitrogens with zero attached hydrogens (tertiary/aromatic N) is 6. The van der Waals surface area contributed by atoms with E-state index < -0.39 is 5.60 Å². The molecule has 11 nitrogen and oxygen atoms in total. The highest BCUT2D eigenvalue weighted by Gasteiger charge is 2.37. The highest BCUT2D eigenvalue weighted by molar-refractivity contribution is 6.00. The van der Waals surface area contributed by atoms with E-state index in [1.807, 2.05) is 87.8 Å². The maximum Gasteiger partial charge on any atom is 0.410 e. The van der Waals surface area contributed by atoms with Crippen molar-refractivity contribution in [3.8, 4) is 17.2 Å². The number of amides is 1. The van der Waals surface area contributed by atoms with Crippen molar-refractivity contribution in [3.05, 3.63) is 66.7 Å². The third kappa shape index (κ3) is 5.18. The fourth-order valence-electron chi connectivity index (χ4n) is 5.84. The van der Waals surface area contributed by atoms with Gasteiger partial charge in [0.2, 0.25) is 0 Å². The largest absolute Gasteiger partial charge is 0.488 e. The summed E-state index contributed by atoms with van der Waals surface area (Å²) in [7, 11) is 1.97. The van der Waals surface area contributed by atoms with Gasteiger partial charge in [-0.25, -0.2) is 19.7 Å². The second-order valence-electron chi connectivity index (χ2n) is 12.3. The minimum atomic E-state index is -0.562. The number of nitrogens with one attached hydrogen (secondary N) is 1. The number of carbonyl (C=O) groups is 1. The third-order valence-corrected chi connectivity index (χ3v) is 7.97. The standard InChI is InChI=1S/C33H35N7O4/c1-20-14-21(6-11-28(20)43-23-7-9-26-25(15-23)36-19-38(26)5)37-31-29-24(34-18-35-31)8-10-27-30(29)42-17-22-16-39(27)12-13-40(22)32(41)44-33(2,3)4/h6-11,14-15,18-19,22H,12-13,16-17H2,1-5H3,(H,34,35,37)/t22-/m0/s1. The van der Waals surface area contributed by atoms with Crippen LogP contribution in [0.2, 0.25) is 0 Å². The number of hydrogen-bond donors (Lipinski definition) is 1.